The van der Waals surface area contributed by atoms with Gasteiger partial charge in [-0.15, -0.1) is 11.6 Å². The number of esters is 1. The highest BCUT2D eigenvalue weighted by atomic mass is 35.5. The average molecular weight is 210 g/mol. The number of carbonyl (C=O) groups excluding carboxylic acids is 1. The number of benzene rings is 1. The SMILES string of the molecule is COC(=O)c1ccc([C@@H](Cl)C#N)cc1. The molecule has 14 heavy (non-hydrogen) atoms. The summed E-state index contributed by atoms with van der Waals surface area (Å²) in [5.41, 5.74) is 1.11. The number of nitriles is 1. The minimum atomic E-state index is -0.679. The maximum absolute atomic E-state index is 11.0. The molecule has 0 saturated heterocycles. The summed E-state index contributed by atoms with van der Waals surface area (Å²) >= 11 is 5.68. The molecular weight excluding hydrogens is 202 g/mol. The number of hydrogen-bond donors (Lipinski definition) is 0. The van der Waals surface area contributed by atoms with E-state index in [4.69, 9.17) is 16.9 Å². The van der Waals surface area contributed by atoms with Gasteiger partial charge in [0.05, 0.1) is 18.7 Å². The molecule has 0 heterocycles. The Balaban J connectivity index is 2.90. The van der Waals surface area contributed by atoms with Gasteiger partial charge in [-0.2, -0.15) is 5.26 Å². The fraction of sp³-hybridized carbons (Fsp3) is 0.200. The highest BCUT2D eigenvalue weighted by molar-refractivity contribution is 6.22. The lowest BCUT2D eigenvalue weighted by Crippen LogP contribution is -2.00. The molecule has 0 amide bonds. The molecule has 0 bridgehead atoms. The lowest BCUT2D eigenvalue weighted by Gasteiger charge is -2.02. The van der Waals surface area contributed by atoms with Crippen LogP contribution in [0.4, 0.5) is 0 Å². The summed E-state index contributed by atoms with van der Waals surface area (Å²) < 4.78 is 4.53. The minimum absolute atomic E-state index is 0.403. The van der Waals surface area contributed by atoms with Gasteiger partial charge in [0, 0.05) is 0 Å². The van der Waals surface area contributed by atoms with Crippen LogP contribution in [0, 0.1) is 11.3 Å². The molecule has 0 fully saturated rings. The quantitative estimate of drug-likeness (QED) is 0.555. The smallest absolute Gasteiger partial charge is 0.337 e. The molecule has 1 atom stereocenters. The first-order chi connectivity index (χ1) is 6.69. The predicted molar refractivity (Wildman–Crippen MR) is 52.0 cm³/mol. The first-order valence-corrected chi connectivity index (χ1v) is 4.34. The van der Waals surface area contributed by atoms with E-state index in [2.05, 4.69) is 4.74 Å². The zero-order valence-corrected chi connectivity index (χ0v) is 8.28. The summed E-state index contributed by atoms with van der Waals surface area (Å²) in [5.74, 6) is -0.403. The fourth-order valence-electron chi connectivity index (χ4n) is 0.981. The van der Waals surface area contributed by atoms with Crippen LogP contribution in [0.2, 0.25) is 0 Å². The second-order valence-electron chi connectivity index (χ2n) is 2.61. The van der Waals surface area contributed by atoms with Crippen LogP contribution < -0.4 is 0 Å². The van der Waals surface area contributed by atoms with Gasteiger partial charge >= 0.3 is 5.97 Å². The van der Waals surface area contributed by atoms with E-state index >= 15 is 0 Å². The third kappa shape index (κ3) is 2.24. The largest absolute Gasteiger partial charge is 0.465 e. The zero-order chi connectivity index (χ0) is 10.6. The highest BCUT2D eigenvalue weighted by Gasteiger charge is 2.08. The molecule has 0 unspecified atom stereocenters. The monoisotopic (exact) mass is 209 g/mol. The number of hydrogen-bond acceptors (Lipinski definition) is 3. The summed E-state index contributed by atoms with van der Waals surface area (Å²) in [6.07, 6.45) is 0. The topological polar surface area (TPSA) is 50.1 Å². The van der Waals surface area contributed by atoms with Gasteiger partial charge < -0.3 is 4.74 Å². The van der Waals surface area contributed by atoms with Gasteiger partial charge in [0.15, 0.2) is 0 Å². The summed E-state index contributed by atoms with van der Waals surface area (Å²) in [6.45, 7) is 0. The van der Waals surface area contributed by atoms with Crippen LogP contribution in [-0.2, 0) is 4.74 Å². The number of halogens is 1. The van der Waals surface area contributed by atoms with E-state index in [0.717, 1.165) is 0 Å². The first-order valence-electron chi connectivity index (χ1n) is 3.91. The maximum Gasteiger partial charge on any atom is 0.337 e. The Kier molecular flexibility index (Phi) is 3.49. The normalized spacial score (nSPS) is 11.5. The van der Waals surface area contributed by atoms with Crippen LogP contribution in [0.15, 0.2) is 24.3 Å². The Labute approximate surface area is 86.9 Å². The van der Waals surface area contributed by atoms with Crippen LogP contribution in [0.1, 0.15) is 21.3 Å². The van der Waals surface area contributed by atoms with Crippen molar-refractivity contribution in [1.29, 1.82) is 5.26 Å². The molecule has 0 aliphatic carbocycles. The summed E-state index contributed by atoms with van der Waals surface area (Å²) in [4.78, 5) is 11.0. The van der Waals surface area contributed by atoms with Crippen molar-refractivity contribution in [3.8, 4) is 6.07 Å². The van der Waals surface area contributed by atoms with E-state index in [0.29, 0.717) is 11.1 Å². The van der Waals surface area contributed by atoms with Crippen molar-refractivity contribution in [3.63, 3.8) is 0 Å². The minimum Gasteiger partial charge on any atom is -0.465 e. The second-order valence-corrected chi connectivity index (χ2v) is 3.04. The highest BCUT2D eigenvalue weighted by Crippen LogP contribution is 2.19. The molecule has 3 nitrogen and oxygen atoms in total. The van der Waals surface area contributed by atoms with Crippen molar-refractivity contribution >= 4 is 17.6 Å². The van der Waals surface area contributed by atoms with Crippen molar-refractivity contribution in [2.75, 3.05) is 7.11 Å². The maximum atomic E-state index is 11.0. The fourth-order valence-corrected chi connectivity index (χ4v) is 1.13. The third-order valence-corrected chi connectivity index (χ3v) is 2.09. The van der Waals surface area contributed by atoms with E-state index in [1.807, 2.05) is 6.07 Å². The summed E-state index contributed by atoms with van der Waals surface area (Å²) in [5, 5.41) is 7.86. The van der Waals surface area contributed by atoms with Crippen molar-refractivity contribution < 1.29 is 9.53 Å². The predicted octanol–water partition coefficient (Wildman–Crippen LogP) is 2.28. The molecule has 72 valence electrons. The van der Waals surface area contributed by atoms with Gasteiger partial charge in [-0.1, -0.05) is 12.1 Å². The number of alkyl halides is 1. The lowest BCUT2D eigenvalue weighted by molar-refractivity contribution is 0.0600. The van der Waals surface area contributed by atoms with Gasteiger partial charge in [-0.05, 0) is 17.7 Å². The van der Waals surface area contributed by atoms with Crippen molar-refractivity contribution in [1.82, 2.24) is 0 Å². The molecule has 0 aliphatic rings. The van der Waals surface area contributed by atoms with Crippen LogP contribution in [0.5, 0.6) is 0 Å². The number of methoxy groups -OCH3 is 1. The number of nitrogens with zero attached hydrogens (tertiary/aromatic N) is 1. The molecule has 1 rings (SSSR count). The zero-order valence-electron chi connectivity index (χ0n) is 7.53. The van der Waals surface area contributed by atoms with Crippen LogP contribution in [0.3, 0.4) is 0 Å². The summed E-state index contributed by atoms with van der Waals surface area (Å²) in [6, 6.07) is 8.31. The van der Waals surface area contributed by atoms with E-state index in [1.165, 1.54) is 7.11 Å². The molecule has 0 aliphatic heterocycles. The molecule has 0 aromatic heterocycles. The van der Waals surface area contributed by atoms with Gasteiger partial charge in [0.2, 0.25) is 0 Å². The van der Waals surface area contributed by atoms with Crippen LogP contribution in [0.25, 0.3) is 0 Å². The van der Waals surface area contributed by atoms with Gasteiger partial charge in [-0.3, -0.25) is 0 Å². The molecule has 1 aromatic carbocycles. The van der Waals surface area contributed by atoms with Crippen LogP contribution >= 0.6 is 11.6 Å². The number of rotatable bonds is 2. The molecule has 0 saturated carbocycles. The van der Waals surface area contributed by atoms with Gasteiger partial charge in [-0.25, -0.2) is 4.79 Å². The Morgan fingerprint density at radius 1 is 1.50 bits per heavy atom. The standard InChI is InChI=1S/C10H8ClNO2/c1-14-10(13)8-4-2-7(3-5-8)9(11)6-12/h2-5,9H,1H3/t9-/m0/s1. The van der Waals surface area contributed by atoms with Gasteiger partial charge in [0.1, 0.15) is 5.38 Å². The Morgan fingerprint density at radius 3 is 2.50 bits per heavy atom. The summed E-state index contributed by atoms with van der Waals surface area (Å²) in [7, 11) is 1.32. The van der Waals surface area contributed by atoms with Crippen molar-refractivity contribution in [2.24, 2.45) is 0 Å². The second kappa shape index (κ2) is 4.64. The van der Waals surface area contributed by atoms with E-state index < -0.39 is 11.3 Å². The van der Waals surface area contributed by atoms with E-state index in [-0.39, 0.29) is 0 Å². The first kappa shape index (κ1) is 10.6. The Hall–Kier alpha value is -1.53. The van der Waals surface area contributed by atoms with E-state index in [1.54, 1.807) is 24.3 Å². The molecular formula is C10H8ClNO2. The molecule has 4 heteroatoms. The number of ether oxygens (including phenoxy) is 1. The van der Waals surface area contributed by atoms with Crippen molar-refractivity contribution in [2.45, 2.75) is 5.38 Å². The molecule has 0 radical (unpaired) electrons. The third-order valence-electron chi connectivity index (χ3n) is 1.74. The Bertz CT molecular complexity index is 367. The number of carbonyl (C=O) groups is 1. The molecule has 1 aromatic rings. The van der Waals surface area contributed by atoms with E-state index in [9.17, 15) is 4.79 Å². The van der Waals surface area contributed by atoms with Gasteiger partial charge in [0.25, 0.3) is 0 Å². The molecule has 0 spiro atoms. The molecule has 0 N–H and O–H groups in total. The lowest BCUT2D eigenvalue weighted by atomic mass is 10.1. The Morgan fingerprint density at radius 2 is 2.07 bits per heavy atom. The van der Waals surface area contributed by atoms with Crippen molar-refractivity contribution in [3.05, 3.63) is 35.4 Å². The van der Waals surface area contributed by atoms with Crippen LogP contribution in [-0.4, -0.2) is 13.1 Å². The average Bonchev–Trinajstić information content (AvgIpc) is 2.27.